The van der Waals surface area contributed by atoms with Crippen LogP contribution in [0.5, 0.6) is 0 Å². The summed E-state index contributed by atoms with van der Waals surface area (Å²) in [6, 6.07) is 0.719. The van der Waals surface area contributed by atoms with Crippen molar-refractivity contribution < 1.29 is 5.11 Å². The maximum atomic E-state index is 9.18. The van der Waals surface area contributed by atoms with Gasteiger partial charge in [-0.3, -0.25) is 0 Å². The van der Waals surface area contributed by atoms with Crippen LogP contribution < -0.4 is 5.32 Å². The summed E-state index contributed by atoms with van der Waals surface area (Å²) in [5.41, 5.74) is 0.317. The summed E-state index contributed by atoms with van der Waals surface area (Å²) < 4.78 is 0. The topological polar surface area (TPSA) is 32.3 Å². The van der Waals surface area contributed by atoms with Gasteiger partial charge in [0.15, 0.2) is 0 Å². The molecule has 1 fully saturated rings. The molecule has 0 spiro atoms. The fraction of sp³-hybridized carbons (Fsp3) is 1.00. The van der Waals surface area contributed by atoms with Gasteiger partial charge in [0, 0.05) is 19.2 Å². The van der Waals surface area contributed by atoms with E-state index < -0.39 is 0 Å². The minimum Gasteiger partial charge on any atom is -0.396 e. The number of aliphatic hydroxyl groups excluding tert-OH is 1. The first-order valence-electron chi connectivity index (χ1n) is 7.05. The molecule has 0 aromatic heterocycles. The minimum atomic E-state index is 0.317. The van der Waals surface area contributed by atoms with Crippen LogP contribution in [0.15, 0.2) is 0 Å². The zero-order chi connectivity index (χ0) is 12.0. The highest BCUT2D eigenvalue weighted by Crippen LogP contribution is 2.35. The third-order valence-corrected chi connectivity index (χ3v) is 4.51. The van der Waals surface area contributed by atoms with Crippen LogP contribution in [0.4, 0.5) is 0 Å². The quantitative estimate of drug-likeness (QED) is 0.635. The van der Waals surface area contributed by atoms with Gasteiger partial charge in [-0.15, -0.1) is 0 Å². The largest absolute Gasteiger partial charge is 0.396 e. The molecule has 0 saturated heterocycles. The van der Waals surface area contributed by atoms with Gasteiger partial charge in [0.05, 0.1) is 0 Å². The van der Waals surface area contributed by atoms with Gasteiger partial charge >= 0.3 is 0 Å². The summed E-state index contributed by atoms with van der Waals surface area (Å²) >= 11 is 0. The Hall–Kier alpha value is -0.0800. The second-order valence-corrected chi connectivity index (χ2v) is 5.41. The number of hydrogen-bond acceptors (Lipinski definition) is 2. The van der Waals surface area contributed by atoms with Crippen LogP contribution in [0, 0.1) is 11.3 Å². The Kier molecular flexibility index (Phi) is 5.77. The lowest BCUT2D eigenvalue weighted by molar-refractivity contribution is 0.157. The van der Waals surface area contributed by atoms with Crippen molar-refractivity contribution in [2.24, 2.45) is 11.3 Å². The Bertz CT molecular complexity index is 185. The van der Waals surface area contributed by atoms with E-state index in [4.69, 9.17) is 0 Å². The summed E-state index contributed by atoms with van der Waals surface area (Å²) in [5.74, 6) is 0.936. The molecule has 0 radical (unpaired) electrons. The monoisotopic (exact) mass is 227 g/mol. The Morgan fingerprint density at radius 1 is 1.25 bits per heavy atom. The molecule has 0 bridgehead atoms. The second kappa shape index (κ2) is 6.61. The highest BCUT2D eigenvalue weighted by Gasteiger charge is 2.32. The van der Waals surface area contributed by atoms with Gasteiger partial charge in [0.1, 0.15) is 0 Å². The second-order valence-electron chi connectivity index (χ2n) is 5.41. The van der Waals surface area contributed by atoms with Crippen molar-refractivity contribution in [2.75, 3.05) is 13.2 Å². The molecule has 1 aliphatic rings. The first-order valence-corrected chi connectivity index (χ1v) is 7.05. The van der Waals surface area contributed by atoms with E-state index in [1.807, 2.05) is 0 Å². The van der Waals surface area contributed by atoms with E-state index in [9.17, 15) is 5.11 Å². The summed E-state index contributed by atoms with van der Waals surface area (Å²) in [5, 5.41) is 12.9. The smallest absolute Gasteiger partial charge is 0.0436 e. The molecule has 16 heavy (non-hydrogen) atoms. The van der Waals surface area contributed by atoms with Crippen molar-refractivity contribution in [2.45, 2.75) is 65.3 Å². The lowest BCUT2D eigenvalue weighted by Gasteiger charge is -2.33. The predicted molar refractivity (Wildman–Crippen MR) is 69.5 cm³/mol. The van der Waals surface area contributed by atoms with Crippen molar-refractivity contribution in [3.05, 3.63) is 0 Å². The summed E-state index contributed by atoms with van der Waals surface area (Å²) in [4.78, 5) is 0. The van der Waals surface area contributed by atoms with Crippen LogP contribution in [-0.2, 0) is 0 Å². The zero-order valence-corrected chi connectivity index (χ0v) is 11.3. The minimum absolute atomic E-state index is 0.317. The lowest BCUT2D eigenvalue weighted by Crippen LogP contribution is -2.40. The fourth-order valence-corrected chi connectivity index (χ4v) is 2.67. The molecule has 1 rings (SSSR count). The summed E-state index contributed by atoms with van der Waals surface area (Å²) in [7, 11) is 0. The zero-order valence-electron chi connectivity index (χ0n) is 11.3. The summed E-state index contributed by atoms with van der Waals surface area (Å²) in [6.45, 7) is 8.18. The maximum absolute atomic E-state index is 9.18. The average molecular weight is 227 g/mol. The molecule has 2 nitrogen and oxygen atoms in total. The van der Waals surface area contributed by atoms with E-state index >= 15 is 0 Å². The molecule has 0 aromatic rings. The molecular formula is C14H29NO. The molecule has 2 heteroatoms. The van der Waals surface area contributed by atoms with E-state index in [2.05, 4.69) is 26.1 Å². The van der Waals surface area contributed by atoms with E-state index in [-0.39, 0.29) is 0 Å². The third-order valence-electron chi connectivity index (χ3n) is 4.51. The molecule has 2 N–H and O–H groups in total. The predicted octanol–water partition coefficient (Wildman–Crippen LogP) is 2.95. The highest BCUT2D eigenvalue weighted by atomic mass is 16.3. The van der Waals surface area contributed by atoms with Crippen molar-refractivity contribution in [3.63, 3.8) is 0 Å². The Morgan fingerprint density at radius 2 is 1.88 bits per heavy atom. The van der Waals surface area contributed by atoms with Gasteiger partial charge in [-0.1, -0.05) is 20.8 Å². The first-order chi connectivity index (χ1) is 7.71. The Labute approximate surface area is 101 Å². The average Bonchev–Trinajstić information content (AvgIpc) is 3.13. The maximum Gasteiger partial charge on any atom is 0.0436 e. The Balaban J connectivity index is 2.40. The van der Waals surface area contributed by atoms with Crippen molar-refractivity contribution in [1.29, 1.82) is 0 Å². The number of rotatable bonds is 9. The molecule has 0 aromatic carbocycles. The van der Waals surface area contributed by atoms with Crippen LogP contribution in [0.2, 0.25) is 0 Å². The first kappa shape index (κ1) is 14.0. The van der Waals surface area contributed by atoms with Crippen LogP contribution in [-0.4, -0.2) is 24.3 Å². The van der Waals surface area contributed by atoms with E-state index in [1.165, 1.54) is 19.3 Å². The molecule has 1 unspecified atom stereocenters. The van der Waals surface area contributed by atoms with Gasteiger partial charge in [0.2, 0.25) is 0 Å². The van der Waals surface area contributed by atoms with Crippen LogP contribution >= 0.6 is 0 Å². The number of aliphatic hydroxyl groups is 1. The van der Waals surface area contributed by atoms with Gasteiger partial charge in [-0.05, 0) is 49.9 Å². The van der Waals surface area contributed by atoms with Gasteiger partial charge < -0.3 is 10.4 Å². The van der Waals surface area contributed by atoms with Gasteiger partial charge in [-0.25, -0.2) is 0 Å². The van der Waals surface area contributed by atoms with Crippen LogP contribution in [0.25, 0.3) is 0 Å². The molecule has 0 aliphatic heterocycles. The van der Waals surface area contributed by atoms with Crippen molar-refractivity contribution in [3.8, 4) is 0 Å². The van der Waals surface area contributed by atoms with Gasteiger partial charge in [-0.2, -0.15) is 0 Å². The molecule has 1 aliphatic carbocycles. The van der Waals surface area contributed by atoms with E-state index in [1.54, 1.807) is 0 Å². The molecular weight excluding hydrogens is 198 g/mol. The molecule has 1 atom stereocenters. The molecule has 1 saturated carbocycles. The van der Waals surface area contributed by atoms with Crippen molar-refractivity contribution >= 4 is 0 Å². The van der Waals surface area contributed by atoms with Crippen LogP contribution in [0.1, 0.15) is 59.3 Å². The molecule has 96 valence electrons. The SMILES string of the molecule is CCC(NCC(CC)(CC)CCO)C1CC1. The van der Waals surface area contributed by atoms with Crippen molar-refractivity contribution in [1.82, 2.24) is 5.32 Å². The standard InChI is InChI=1S/C14H29NO/c1-4-13(12-7-8-12)15-11-14(5-2,6-3)9-10-16/h12-13,15-16H,4-11H2,1-3H3. The molecule has 0 amide bonds. The third kappa shape index (κ3) is 3.74. The summed E-state index contributed by atoms with van der Waals surface area (Å²) in [6.07, 6.45) is 7.34. The molecule has 0 heterocycles. The lowest BCUT2D eigenvalue weighted by atomic mass is 9.79. The number of hydrogen-bond donors (Lipinski definition) is 2. The van der Waals surface area contributed by atoms with Crippen LogP contribution in [0.3, 0.4) is 0 Å². The highest BCUT2D eigenvalue weighted by molar-refractivity contribution is 4.88. The van der Waals surface area contributed by atoms with E-state index in [0.29, 0.717) is 12.0 Å². The fourth-order valence-electron chi connectivity index (χ4n) is 2.67. The Morgan fingerprint density at radius 3 is 2.25 bits per heavy atom. The van der Waals surface area contributed by atoms with E-state index in [0.717, 1.165) is 37.8 Å². The van der Waals surface area contributed by atoms with Gasteiger partial charge in [0.25, 0.3) is 0 Å². The number of nitrogens with one attached hydrogen (secondary N) is 1. The normalized spacial score (nSPS) is 18.8.